The van der Waals surface area contributed by atoms with Crippen molar-refractivity contribution in [3.05, 3.63) is 52.5 Å². The molecule has 25 heavy (non-hydrogen) atoms. The molecule has 0 aliphatic rings. The van der Waals surface area contributed by atoms with E-state index < -0.39 is 0 Å². The Bertz CT molecular complexity index is 892. The maximum Gasteiger partial charge on any atom is 0.255 e. The summed E-state index contributed by atoms with van der Waals surface area (Å²) in [6.07, 6.45) is 1.19. The Labute approximate surface area is 164 Å². The lowest BCUT2D eigenvalue weighted by Crippen LogP contribution is -2.11. The van der Waals surface area contributed by atoms with Gasteiger partial charge in [-0.05, 0) is 48.7 Å². The van der Waals surface area contributed by atoms with Crippen LogP contribution in [0.3, 0.4) is 0 Å². The third-order valence-electron chi connectivity index (χ3n) is 3.63. The van der Waals surface area contributed by atoms with Gasteiger partial charge in [-0.25, -0.2) is 4.98 Å². The predicted octanol–water partition coefficient (Wildman–Crippen LogP) is 6.45. The molecule has 130 valence electrons. The summed E-state index contributed by atoms with van der Waals surface area (Å²) in [5, 5.41) is 2.96. The normalized spacial score (nSPS) is 11.2. The standard InChI is InChI=1S/C19H19BrN2OS2/c1-12(2)8-9-24-19-22-16-7-6-15(11-17(16)25-19)21-18(23)13-4-3-5-14(20)10-13/h3-7,10-12H,8-9H2,1-2H3,(H,21,23). The quantitative estimate of drug-likeness (QED) is 0.453. The molecule has 0 aliphatic carbocycles. The van der Waals surface area contributed by atoms with Crippen LogP contribution in [0, 0.1) is 5.92 Å². The molecule has 0 bridgehead atoms. The van der Waals surface area contributed by atoms with E-state index in [2.05, 4.69) is 40.1 Å². The minimum Gasteiger partial charge on any atom is -0.322 e. The molecule has 3 rings (SSSR count). The molecular weight excluding hydrogens is 416 g/mol. The van der Waals surface area contributed by atoms with Crippen LogP contribution in [-0.4, -0.2) is 16.6 Å². The van der Waals surface area contributed by atoms with Gasteiger partial charge in [-0.2, -0.15) is 0 Å². The zero-order chi connectivity index (χ0) is 17.8. The van der Waals surface area contributed by atoms with Crippen LogP contribution in [0.2, 0.25) is 0 Å². The molecule has 2 aromatic carbocycles. The number of anilines is 1. The van der Waals surface area contributed by atoms with E-state index in [1.165, 1.54) is 6.42 Å². The number of carbonyl (C=O) groups excluding carboxylic acids is 1. The number of hydrogen-bond acceptors (Lipinski definition) is 4. The second-order valence-electron chi connectivity index (χ2n) is 6.16. The van der Waals surface area contributed by atoms with Crippen LogP contribution in [0.25, 0.3) is 10.2 Å². The average Bonchev–Trinajstić information content (AvgIpc) is 2.96. The molecule has 0 saturated heterocycles. The third-order valence-corrected chi connectivity index (χ3v) is 6.32. The van der Waals surface area contributed by atoms with Gasteiger partial charge in [0.25, 0.3) is 5.91 Å². The summed E-state index contributed by atoms with van der Waals surface area (Å²) >= 11 is 6.88. The second kappa shape index (κ2) is 8.34. The van der Waals surface area contributed by atoms with Crippen molar-refractivity contribution < 1.29 is 4.79 Å². The van der Waals surface area contributed by atoms with Crippen molar-refractivity contribution in [2.75, 3.05) is 11.1 Å². The molecule has 0 spiro atoms. The van der Waals surface area contributed by atoms with Gasteiger partial charge in [0.1, 0.15) is 0 Å². The van der Waals surface area contributed by atoms with Gasteiger partial charge in [-0.1, -0.05) is 47.6 Å². The number of nitrogens with one attached hydrogen (secondary N) is 1. The molecule has 6 heteroatoms. The number of rotatable bonds is 6. The fourth-order valence-corrected chi connectivity index (χ4v) is 5.08. The largest absolute Gasteiger partial charge is 0.322 e. The number of carbonyl (C=O) groups is 1. The highest BCUT2D eigenvalue weighted by Gasteiger charge is 2.09. The highest BCUT2D eigenvalue weighted by molar-refractivity contribution is 9.10. The lowest BCUT2D eigenvalue weighted by Gasteiger charge is -2.05. The van der Waals surface area contributed by atoms with E-state index in [9.17, 15) is 4.79 Å². The average molecular weight is 435 g/mol. The monoisotopic (exact) mass is 434 g/mol. The summed E-state index contributed by atoms with van der Waals surface area (Å²) in [4.78, 5) is 17.0. The van der Waals surface area contributed by atoms with Crippen molar-refractivity contribution in [1.29, 1.82) is 0 Å². The molecule has 3 nitrogen and oxygen atoms in total. The van der Waals surface area contributed by atoms with Crippen LogP contribution in [-0.2, 0) is 0 Å². The number of hydrogen-bond donors (Lipinski definition) is 1. The van der Waals surface area contributed by atoms with Crippen molar-refractivity contribution in [2.24, 2.45) is 5.92 Å². The number of halogens is 1. The maximum atomic E-state index is 12.4. The zero-order valence-electron chi connectivity index (χ0n) is 14.1. The van der Waals surface area contributed by atoms with E-state index in [1.807, 2.05) is 48.2 Å². The Morgan fingerprint density at radius 2 is 2.12 bits per heavy atom. The Balaban J connectivity index is 1.71. The third kappa shape index (κ3) is 5.06. The number of benzene rings is 2. The highest BCUT2D eigenvalue weighted by Crippen LogP contribution is 2.32. The molecule has 0 atom stereocenters. The lowest BCUT2D eigenvalue weighted by atomic mass is 10.2. The lowest BCUT2D eigenvalue weighted by molar-refractivity contribution is 0.102. The number of thiazole rings is 1. The summed E-state index contributed by atoms with van der Waals surface area (Å²) in [6.45, 7) is 4.47. The molecule has 0 saturated carbocycles. The molecule has 0 radical (unpaired) electrons. The van der Waals surface area contributed by atoms with E-state index in [-0.39, 0.29) is 5.91 Å². The highest BCUT2D eigenvalue weighted by atomic mass is 79.9. The molecule has 1 N–H and O–H groups in total. The minimum atomic E-state index is -0.114. The van der Waals surface area contributed by atoms with E-state index in [0.717, 1.165) is 30.5 Å². The Hall–Kier alpha value is -1.37. The molecular formula is C19H19BrN2OS2. The van der Waals surface area contributed by atoms with Crippen molar-refractivity contribution in [3.63, 3.8) is 0 Å². The fraction of sp³-hybridized carbons (Fsp3) is 0.263. The first-order valence-electron chi connectivity index (χ1n) is 8.11. The zero-order valence-corrected chi connectivity index (χ0v) is 17.3. The van der Waals surface area contributed by atoms with Gasteiger partial charge in [0.05, 0.1) is 10.2 Å². The minimum absolute atomic E-state index is 0.114. The fourth-order valence-electron chi connectivity index (χ4n) is 2.26. The Kier molecular flexibility index (Phi) is 6.15. The first-order valence-corrected chi connectivity index (χ1v) is 10.7. The van der Waals surface area contributed by atoms with E-state index in [0.29, 0.717) is 11.5 Å². The molecule has 1 heterocycles. The maximum absolute atomic E-state index is 12.4. The molecule has 0 unspecified atom stereocenters. The van der Waals surface area contributed by atoms with Gasteiger partial charge in [0.15, 0.2) is 4.34 Å². The predicted molar refractivity (Wildman–Crippen MR) is 112 cm³/mol. The topological polar surface area (TPSA) is 42.0 Å². The molecule has 1 amide bonds. The van der Waals surface area contributed by atoms with Crippen molar-refractivity contribution in [1.82, 2.24) is 4.98 Å². The van der Waals surface area contributed by atoms with E-state index >= 15 is 0 Å². The first-order chi connectivity index (χ1) is 12.0. The van der Waals surface area contributed by atoms with Crippen LogP contribution in [0.15, 0.2) is 51.3 Å². The summed E-state index contributed by atoms with van der Waals surface area (Å²) in [7, 11) is 0. The van der Waals surface area contributed by atoms with Crippen LogP contribution in [0.1, 0.15) is 30.6 Å². The van der Waals surface area contributed by atoms with Crippen LogP contribution < -0.4 is 5.32 Å². The van der Waals surface area contributed by atoms with Gasteiger partial charge in [0, 0.05) is 21.5 Å². The number of aromatic nitrogens is 1. The molecule has 1 aromatic heterocycles. The molecule has 0 aliphatic heterocycles. The number of fused-ring (bicyclic) bond motifs is 1. The summed E-state index contributed by atoms with van der Waals surface area (Å²) in [5.41, 5.74) is 2.40. The second-order valence-corrected chi connectivity index (χ2v) is 9.45. The van der Waals surface area contributed by atoms with Gasteiger partial charge < -0.3 is 5.32 Å². The van der Waals surface area contributed by atoms with Crippen molar-refractivity contribution in [2.45, 2.75) is 24.6 Å². The summed E-state index contributed by atoms with van der Waals surface area (Å²) < 4.78 is 3.08. The SMILES string of the molecule is CC(C)CCSc1nc2ccc(NC(=O)c3cccc(Br)c3)cc2s1. The van der Waals surface area contributed by atoms with E-state index in [4.69, 9.17) is 0 Å². The van der Waals surface area contributed by atoms with Crippen molar-refractivity contribution >= 4 is 60.8 Å². The summed E-state index contributed by atoms with van der Waals surface area (Å²) in [6, 6.07) is 13.2. The van der Waals surface area contributed by atoms with Gasteiger partial charge in [-0.15, -0.1) is 11.3 Å². The number of amides is 1. The van der Waals surface area contributed by atoms with Gasteiger partial charge in [-0.3, -0.25) is 4.79 Å². The van der Waals surface area contributed by atoms with Crippen LogP contribution >= 0.6 is 39.0 Å². The first kappa shape index (κ1) is 18.4. The number of nitrogens with zero attached hydrogens (tertiary/aromatic N) is 1. The molecule has 3 aromatic rings. The summed E-state index contributed by atoms with van der Waals surface area (Å²) in [5.74, 6) is 1.68. The van der Waals surface area contributed by atoms with Gasteiger partial charge >= 0.3 is 0 Å². The van der Waals surface area contributed by atoms with Crippen LogP contribution in [0.5, 0.6) is 0 Å². The van der Waals surface area contributed by atoms with Crippen LogP contribution in [0.4, 0.5) is 5.69 Å². The smallest absolute Gasteiger partial charge is 0.255 e. The Morgan fingerprint density at radius 3 is 2.88 bits per heavy atom. The van der Waals surface area contributed by atoms with E-state index in [1.54, 1.807) is 17.4 Å². The van der Waals surface area contributed by atoms with Crippen molar-refractivity contribution in [3.8, 4) is 0 Å². The molecule has 0 fully saturated rings. The Morgan fingerprint density at radius 1 is 1.28 bits per heavy atom. The number of thioether (sulfide) groups is 1. The van der Waals surface area contributed by atoms with Gasteiger partial charge in [0.2, 0.25) is 0 Å².